The van der Waals surface area contributed by atoms with E-state index in [-0.39, 0.29) is 6.10 Å². The number of fused-ring (bicyclic) bond motifs is 2. The molecule has 1 unspecified atom stereocenters. The van der Waals surface area contributed by atoms with Gasteiger partial charge in [0.15, 0.2) is 0 Å². The monoisotopic (exact) mass is 383 g/mol. The number of aromatic nitrogens is 2. The van der Waals surface area contributed by atoms with Gasteiger partial charge in [0.2, 0.25) is 5.88 Å². The van der Waals surface area contributed by atoms with Gasteiger partial charge < -0.3 is 24.8 Å². The molecule has 0 saturated carbocycles. The number of aryl methyl sites for hydroxylation is 1. The minimum Gasteiger partial charge on any atom is -0.489 e. The topological polar surface area (TPSA) is 91.8 Å². The number of ether oxygens (including phenoxy) is 2. The lowest BCUT2D eigenvalue weighted by molar-refractivity contribution is 0.151. The summed E-state index contributed by atoms with van der Waals surface area (Å²) in [6, 6.07) is 4.02. The highest BCUT2D eigenvalue weighted by atomic mass is 16.5. The maximum absolute atomic E-state index is 9.96. The molecule has 1 fully saturated rings. The summed E-state index contributed by atoms with van der Waals surface area (Å²) < 4.78 is 11.7. The first-order chi connectivity index (χ1) is 13.7. The van der Waals surface area contributed by atoms with Crippen molar-refractivity contribution in [1.82, 2.24) is 15.3 Å². The first-order valence-corrected chi connectivity index (χ1v) is 9.87. The minimum atomic E-state index is -0.598. The Labute approximate surface area is 163 Å². The van der Waals surface area contributed by atoms with Crippen LogP contribution in [0.15, 0.2) is 18.3 Å². The third kappa shape index (κ3) is 3.22. The van der Waals surface area contributed by atoms with Crippen molar-refractivity contribution in [1.29, 1.82) is 0 Å². The molecule has 8 heteroatoms. The van der Waals surface area contributed by atoms with E-state index in [9.17, 15) is 5.11 Å². The van der Waals surface area contributed by atoms with Crippen molar-refractivity contribution in [3.8, 4) is 11.6 Å². The first-order valence-electron chi connectivity index (χ1n) is 9.87. The molecule has 5 heterocycles. The number of hydrogen-bond acceptors (Lipinski definition) is 8. The molecule has 2 aromatic heterocycles. The van der Waals surface area contributed by atoms with Crippen molar-refractivity contribution in [2.45, 2.75) is 38.6 Å². The van der Waals surface area contributed by atoms with Crippen LogP contribution in [0.3, 0.4) is 0 Å². The Morgan fingerprint density at radius 3 is 3.00 bits per heavy atom. The zero-order valence-electron chi connectivity index (χ0n) is 15.9. The first kappa shape index (κ1) is 17.5. The number of aliphatic hydroxyl groups excluding tert-OH is 1. The third-order valence-corrected chi connectivity index (χ3v) is 5.58. The van der Waals surface area contributed by atoms with Crippen LogP contribution in [0.1, 0.15) is 35.9 Å². The maximum atomic E-state index is 9.96. The van der Waals surface area contributed by atoms with Crippen molar-refractivity contribution in [2.75, 3.05) is 36.5 Å². The summed E-state index contributed by atoms with van der Waals surface area (Å²) in [6.07, 6.45) is 3.17. The van der Waals surface area contributed by atoms with Gasteiger partial charge in [0.1, 0.15) is 36.2 Å². The minimum absolute atomic E-state index is 0.166. The second kappa shape index (κ2) is 7.10. The van der Waals surface area contributed by atoms with Gasteiger partial charge in [0, 0.05) is 50.7 Å². The highest BCUT2D eigenvalue weighted by molar-refractivity contribution is 5.56. The molecule has 3 N–H and O–H groups in total. The highest BCUT2D eigenvalue weighted by Crippen LogP contribution is 2.32. The molecule has 1 atom stereocenters. The van der Waals surface area contributed by atoms with E-state index in [4.69, 9.17) is 14.5 Å². The fourth-order valence-corrected chi connectivity index (χ4v) is 4.11. The molecule has 8 nitrogen and oxygen atoms in total. The number of piperidine rings is 1. The second-order valence-electron chi connectivity index (χ2n) is 7.55. The van der Waals surface area contributed by atoms with Crippen molar-refractivity contribution in [3.63, 3.8) is 0 Å². The van der Waals surface area contributed by atoms with Crippen LogP contribution in [-0.4, -0.2) is 47.4 Å². The van der Waals surface area contributed by atoms with Gasteiger partial charge in [0.05, 0.1) is 11.9 Å². The number of pyridine rings is 2. The predicted molar refractivity (Wildman–Crippen MR) is 105 cm³/mol. The van der Waals surface area contributed by atoms with E-state index in [1.807, 2.05) is 6.07 Å². The molecule has 5 rings (SSSR count). The standard InChI is InChI=1S/C20H25N5O3/c1-12-8-15-17(11-22-19(15)26)24-18(12)25-5-2-13(3-6-25)28-14-9-16-20(23-10-14)27-7-4-21-16/h8-10,13,19,21-22,26H,2-7,11H2,1H3. The molecular formula is C20H25N5O3. The lowest BCUT2D eigenvalue weighted by Gasteiger charge is -2.34. The average Bonchev–Trinajstić information content (AvgIpc) is 3.08. The lowest BCUT2D eigenvalue weighted by Crippen LogP contribution is -2.39. The van der Waals surface area contributed by atoms with Gasteiger partial charge in [-0.2, -0.15) is 0 Å². The molecule has 0 aliphatic carbocycles. The van der Waals surface area contributed by atoms with Crippen LogP contribution in [0, 0.1) is 6.92 Å². The van der Waals surface area contributed by atoms with Crippen molar-refractivity contribution < 1.29 is 14.6 Å². The Morgan fingerprint density at radius 1 is 1.29 bits per heavy atom. The molecule has 1 saturated heterocycles. The van der Waals surface area contributed by atoms with Crippen LogP contribution in [0.4, 0.5) is 11.5 Å². The lowest BCUT2D eigenvalue weighted by atomic mass is 10.1. The molecule has 0 spiro atoms. The fraction of sp³-hybridized carbons (Fsp3) is 0.500. The quantitative estimate of drug-likeness (QED) is 0.738. The van der Waals surface area contributed by atoms with Crippen LogP contribution in [0.2, 0.25) is 0 Å². The van der Waals surface area contributed by atoms with Crippen molar-refractivity contribution in [3.05, 3.63) is 35.2 Å². The van der Waals surface area contributed by atoms with Gasteiger partial charge in [-0.05, 0) is 18.6 Å². The average molecular weight is 383 g/mol. The number of aliphatic hydroxyl groups is 1. The summed E-state index contributed by atoms with van der Waals surface area (Å²) in [5.74, 6) is 2.44. The molecular weight excluding hydrogens is 358 g/mol. The maximum Gasteiger partial charge on any atom is 0.237 e. The number of nitrogens with one attached hydrogen (secondary N) is 2. The number of hydrogen-bond donors (Lipinski definition) is 3. The van der Waals surface area contributed by atoms with Crippen LogP contribution >= 0.6 is 0 Å². The number of nitrogens with zero attached hydrogens (tertiary/aromatic N) is 3. The molecule has 148 valence electrons. The Bertz CT molecular complexity index is 882. The Morgan fingerprint density at radius 2 is 2.14 bits per heavy atom. The molecule has 0 aromatic carbocycles. The fourth-order valence-electron chi connectivity index (χ4n) is 4.11. The summed E-state index contributed by atoms with van der Waals surface area (Å²) in [5, 5.41) is 16.3. The van der Waals surface area contributed by atoms with Crippen molar-refractivity contribution >= 4 is 11.5 Å². The molecule has 0 amide bonds. The largest absolute Gasteiger partial charge is 0.489 e. The second-order valence-corrected chi connectivity index (χ2v) is 7.55. The van der Waals surface area contributed by atoms with Crippen LogP contribution in [0.5, 0.6) is 11.6 Å². The molecule has 3 aliphatic heterocycles. The zero-order chi connectivity index (χ0) is 19.1. The molecule has 28 heavy (non-hydrogen) atoms. The number of rotatable bonds is 3. The van der Waals surface area contributed by atoms with Gasteiger partial charge in [-0.25, -0.2) is 9.97 Å². The Hall–Kier alpha value is -2.58. The summed E-state index contributed by atoms with van der Waals surface area (Å²) in [7, 11) is 0. The van der Waals surface area contributed by atoms with Crippen molar-refractivity contribution in [2.24, 2.45) is 0 Å². The SMILES string of the molecule is Cc1cc2c(nc1N1CCC(Oc3cnc4c(c3)NCCO4)CC1)CNC2O. The number of anilines is 2. The zero-order valence-corrected chi connectivity index (χ0v) is 15.9. The Balaban J connectivity index is 1.23. The predicted octanol–water partition coefficient (Wildman–Crippen LogP) is 1.73. The van der Waals surface area contributed by atoms with Gasteiger partial charge in [-0.1, -0.05) is 0 Å². The summed E-state index contributed by atoms with van der Waals surface area (Å²) in [4.78, 5) is 11.5. The summed E-state index contributed by atoms with van der Waals surface area (Å²) >= 11 is 0. The highest BCUT2D eigenvalue weighted by Gasteiger charge is 2.27. The van der Waals surface area contributed by atoms with Crippen LogP contribution in [0.25, 0.3) is 0 Å². The summed E-state index contributed by atoms with van der Waals surface area (Å²) in [6.45, 7) is 5.90. The van der Waals surface area contributed by atoms with E-state index in [2.05, 4.69) is 33.5 Å². The third-order valence-electron chi connectivity index (χ3n) is 5.58. The normalized spacial score (nSPS) is 21.5. The smallest absolute Gasteiger partial charge is 0.237 e. The van der Waals surface area contributed by atoms with Crippen LogP contribution < -0.4 is 25.0 Å². The van der Waals surface area contributed by atoms with E-state index in [1.165, 1.54) is 0 Å². The van der Waals surface area contributed by atoms with Gasteiger partial charge in [0.25, 0.3) is 0 Å². The Kier molecular flexibility index (Phi) is 4.44. The summed E-state index contributed by atoms with van der Waals surface area (Å²) in [5.41, 5.74) is 3.85. The van der Waals surface area contributed by atoms with E-state index < -0.39 is 6.23 Å². The molecule has 0 bridgehead atoms. The van der Waals surface area contributed by atoms with E-state index in [1.54, 1.807) is 6.20 Å². The van der Waals surface area contributed by atoms with Gasteiger partial charge in [-0.15, -0.1) is 0 Å². The van der Waals surface area contributed by atoms with E-state index in [0.29, 0.717) is 19.0 Å². The van der Waals surface area contributed by atoms with Crippen LogP contribution in [-0.2, 0) is 6.54 Å². The van der Waals surface area contributed by atoms with Gasteiger partial charge in [-0.3, -0.25) is 5.32 Å². The molecule has 3 aliphatic rings. The molecule has 0 radical (unpaired) electrons. The van der Waals surface area contributed by atoms with Gasteiger partial charge >= 0.3 is 0 Å². The van der Waals surface area contributed by atoms with E-state index >= 15 is 0 Å². The van der Waals surface area contributed by atoms with E-state index in [0.717, 1.165) is 66.6 Å². The molecule has 2 aromatic rings.